The molecule has 4 amide bonds. The van der Waals surface area contributed by atoms with Crippen molar-refractivity contribution in [2.45, 2.75) is 37.7 Å². The van der Waals surface area contributed by atoms with Gasteiger partial charge in [0.25, 0.3) is 0 Å². The second-order valence-corrected chi connectivity index (χ2v) is 11.3. The first-order chi connectivity index (χ1) is 21.3. The number of pyridine rings is 1. The van der Waals surface area contributed by atoms with Gasteiger partial charge in [0.2, 0.25) is 11.8 Å². The normalized spacial score (nSPS) is 19.3. The van der Waals surface area contributed by atoms with E-state index in [1.165, 1.54) is 18.1 Å². The molecule has 3 aromatic heterocycles. The molecule has 1 N–H and O–H groups in total. The SMILES string of the molecule is COc1ccc(C#N)c(C2CC2C(=O)Nc2cc(OCc3cn4cc(C5CC5)cc(N5CC(=O)N(C)C5=O)c4n3)cnn2)c1. The number of nitrogens with one attached hydrogen (secondary N) is 1. The summed E-state index contributed by atoms with van der Waals surface area (Å²) in [7, 11) is 3.04. The van der Waals surface area contributed by atoms with Crippen molar-refractivity contribution < 1.29 is 23.9 Å². The van der Waals surface area contributed by atoms with E-state index < -0.39 is 0 Å². The molecule has 1 aliphatic heterocycles. The number of carbonyl (C=O) groups excluding carboxylic acids is 3. The van der Waals surface area contributed by atoms with Crippen LogP contribution >= 0.6 is 0 Å². The van der Waals surface area contributed by atoms with Crippen LogP contribution in [0.2, 0.25) is 0 Å². The number of hydrogen-bond acceptors (Lipinski definition) is 9. The third-order valence-electron chi connectivity index (χ3n) is 8.30. The highest BCUT2D eigenvalue weighted by atomic mass is 16.5. The number of imidazole rings is 1. The molecule has 2 unspecified atom stereocenters. The Bertz CT molecular complexity index is 1880. The van der Waals surface area contributed by atoms with Gasteiger partial charge >= 0.3 is 6.03 Å². The lowest BCUT2D eigenvalue weighted by Gasteiger charge is -2.17. The van der Waals surface area contributed by atoms with E-state index >= 15 is 0 Å². The summed E-state index contributed by atoms with van der Waals surface area (Å²) in [4.78, 5) is 45.3. The highest BCUT2D eigenvalue weighted by molar-refractivity contribution is 6.13. The minimum Gasteiger partial charge on any atom is -0.497 e. The molecule has 13 heteroatoms. The maximum Gasteiger partial charge on any atom is 0.331 e. The number of benzene rings is 1. The number of nitrogens with zero attached hydrogens (tertiary/aromatic N) is 7. The van der Waals surface area contributed by atoms with E-state index in [1.54, 1.807) is 31.4 Å². The largest absolute Gasteiger partial charge is 0.497 e. The number of aromatic nitrogens is 4. The van der Waals surface area contributed by atoms with Crippen LogP contribution in [0.5, 0.6) is 11.5 Å². The molecule has 0 bridgehead atoms. The number of amides is 4. The van der Waals surface area contributed by atoms with E-state index in [2.05, 4.69) is 21.6 Å². The van der Waals surface area contributed by atoms with E-state index in [1.807, 2.05) is 22.9 Å². The summed E-state index contributed by atoms with van der Waals surface area (Å²) >= 11 is 0. The third-order valence-corrected chi connectivity index (χ3v) is 8.30. The minimum atomic E-state index is -0.380. The summed E-state index contributed by atoms with van der Waals surface area (Å²) < 4.78 is 13.1. The Balaban J connectivity index is 1.04. The monoisotopic (exact) mass is 592 g/mol. The maximum absolute atomic E-state index is 13.0. The number of nitriles is 1. The number of urea groups is 1. The fourth-order valence-corrected chi connectivity index (χ4v) is 5.62. The van der Waals surface area contributed by atoms with Crippen LogP contribution in [0.25, 0.3) is 5.65 Å². The number of likely N-dealkylation sites (N-methyl/N-ethyl adjacent to an activating group) is 1. The number of ether oxygens (including phenoxy) is 2. The maximum atomic E-state index is 13.0. The topological polar surface area (TPSA) is 155 Å². The van der Waals surface area contributed by atoms with Gasteiger partial charge in [0.1, 0.15) is 24.7 Å². The van der Waals surface area contributed by atoms with Crippen LogP contribution in [-0.4, -0.2) is 63.0 Å². The zero-order valence-electron chi connectivity index (χ0n) is 24.1. The molecule has 0 spiro atoms. The van der Waals surface area contributed by atoms with Crippen LogP contribution in [0, 0.1) is 17.2 Å². The first-order valence-corrected chi connectivity index (χ1v) is 14.3. The average Bonchev–Trinajstić information content (AvgIpc) is 3.97. The summed E-state index contributed by atoms with van der Waals surface area (Å²) in [5.74, 6) is 0.839. The molecular formula is C31H28N8O5. The van der Waals surface area contributed by atoms with Crippen LogP contribution in [0.15, 0.2) is 48.9 Å². The zero-order valence-corrected chi connectivity index (χ0v) is 24.1. The molecule has 0 radical (unpaired) electrons. The van der Waals surface area contributed by atoms with Gasteiger partial charge in [-0.25, -0.2) is 9.78 Å². The van der Waals surface area contributed by atoms with Crippen LogP contribution < -0.4 is 19.7 Å². The molecule has 44 heavy (non-hydrogen) atoms. The van der Waals surface area contributed by atoms with Gasteiger partial charge in [-0.15, -0.1) is 5.10 Å². The zero-order chi connectivity index (χ0) is 30.5. The molecule has 2 aliphatic carbocycles. The van der Waals surface area contributed by atoms with Crippen molar-refractivity contribution in [1.82, 2.24) is 24.5 Å². The number of rotatable bonds is 9. The van der Waals surface area contributed by atoms with Crippen molar-refractivity contribution in [2.24, 2.45) is 5.92 Å². The molecule has 4 aromatic rings. The van der Waals surface area contributed by atoms with Gasteiger partial charge in [0, 0.05) is 31.4 Å². The highest BCUT2D eigenvalue weighted by Gasteiger charge is 2.45. The molecule has 2 saturated carbocycles. The van der Waals surface area contributed by atoms with E-state index in [-0.39, 0.29) is 48.7 Å². The van der Waals surface area contributed by atoms with Crippen LogP contribution in [0.1, 0.15) is 53.5 Å². The quantitative estimate of drug-likeness (QED) is 0.287. The van der Waals surface area contributed by atoms with Crippen molar-refractivity contribution in [1.29, 1.82) is 5.26 Å². The molecule has 7 rings (SSSR count). The van der Waals surface area contributed by atoms with E-state index in [4.69, 9.17) is 14.5 Å². The Labute approximate surface area is 252 Å². The Morgan fingerprint density at radius 2 is 2.00 bits per heavy atom. The predicted molar refractivity (Wildman–Crippen MR) is 156 cm³/mol. The number of imide groups is 1. The fraction of sp³-hybridized carbons (Fsp3) is 0.323. The summed E-state index contributed by atoms with van der Waals surface area (Å²) in [6.45, 7) is 0.0683. The summed E-state index contributed by atoms with van der Waals surface area (Å²) in [6, 6.07) is 10.6. The number of carbonyl (C=O) groups is 3. The predicted octanol–water partition coefficient (Wildman–Crippen LogP) is 3.60. The Hall–Kier alpha value is -5.51. The summed E-state index contributed by atoms with van der Waals surface area (Å²) in [5.41, 5.74) is 4.17. The molecule has 1 saturated heterocycles. The number of anilines is 2. The average molecular weight is 593 g/mol. The summed E-state index contributed by atoms with van der Waals surface area (Å²) in [6.07, 6.45) is 8.08. The molecule has 1 aromatic carbocycles. The Morgan fingerprint density at radius 1 is 1.16 bits per heavy atom. The van der Waals surface area contributed by atoms with E-state index in [0.717, 1.165) is 28.9 Å². The van der Waals surface area contributed by atoms with E-state index in [9.17, 15) is 19.6 Å². The van der Waals surface area contributed by atoms with Gasteiger partial charge in [-0.2, -0.15) is 10.4 Å². The second kappa shape index (κ2) is 10.6. The van der Waals surface area contributed by atoms with Gasteiger partial charge in [-0.1, -0.05) is 0 Å². The summed E-state index contributed by atoms with van der Waals surface area (Å²) in [5, 5.41) is 20.3. The van der Waals surface area contributed by atoms with Gasteiger partial charge in [-0.3, -0.25) is 19.4 Å². The van der Waals surface area contributed by atoms with Gasteiger partial charge in [0.05, 0.1) is 36.3 Å². The van der Waals surface area contributed by atoms with Gasteiger partial charge in [-0.05, 0) is 66.5 Å². The molecule has 3 fully saturated rings. The van der Waals surface area contributed by atoms with E-state index in [0.29, 0.717) is 46.4 Å². The van der Waals surface area contributed by atoms with Crippen LogP contribution in [0.3, 0.4) is 0 Å². The minimum absolute atomic E-state index is 0.0321. The lowest BCUT2D eigenvalue weighted by atomic mass is 10.0. The first kappa shape index (κ1) is 27.3. The molecule has 222 valence electrons. The van der Waals surface area contributed by atoms with Crippen molar-refractivity contribution in [3.8, 4) is 17.6 Å². The molecule has 3 aliphatic rings. The highest BCUT2D eigenvalue weighted by Crippen LogP contribution is 2.49. The van der Waals surface area contributed by atoms with Crippen molar-refractivity contribution in [3.63, 3.8) is 0 Å². The van der Waals surface area contributed by atoms with Crippen LogP contribution in [-0.2, 0) is 16.2 Å². The van der Waals surface area contributed by atoms with Crippen LogP contribution in [0.4, 0.5) is 16.3 Å². The van der Waals surface area contributed by atoms with Crippen molar-refractivity contribution in [3.05, 3.63) is 71.3 Å². The van der Waals surface area contributed by atoms with Crippen molar-refractivity contribution in [2.75, 3.05) is 30.9 Å². The van der Waals surface area contributed by atoms with Gasteiger partial charge < -0.3 is 19.2 Å². The molecular weight excluding hydrogens is 564 g/mol. The lowest BCUT2D eigenvalue weighted by Crippen LogP contribution is -2.30. The Kier molecular flexibility index (Phi) is 6.61. The molecule has 2 atom stereocenters. The molecule has 4 heterocycles. The smallest absolute Gasteiger partial charge is 0.331 e. The fourth-order valence-electron chi connectivity index (χ4n) is 5.62. The first-order valence-electron chi connectivity index (χ1n) is 14.3. The second-order valence-electron chi connectivity index (χ2n) is 11.3. The lowest BCUT2D eigenvalue weighted by molar-refractivity contribution is -0.124. The number of hydrogen-bond donors (Lipinski definition) is 1. The van der Waals surface area contributed by atoms with Crippen molar-refractivity contribution >= 4 is 35.0 Å². The third kappa shape index (κ3) is 5.04. The number of fused-ring (bicyclic) bond motifs is 1. The molecule has 13 nitrogen and oxygen atoms in total. The standard InChI is InChI=1S/C31H28N8O5/c1-37-28(40)15-39(31(37)42)26-7-19(17-3-4-17)13-38-14-20(34-29(26)38)16-44-22-9-27(36-33-12-22)35-30(41)25-10-24(25)23-8-21(43-2)6-5-18(23)11-32/h5-9,12-14,17,24-25H,3-4,10,15-16H2,1-2H3,(H,35,36,41). The number of methoxy groups -OCH3 is 1. The van der Waals surface area contributed by atoms with Gasteiger partial charge in [0.15, 0.2) is 11.5 Å². The Morgan fingerprint density at radius 3 is 2.73 bits per heavy atom.